The molecule has 0 N–H and O–H groups in total. The number of ether oxygens (including phenoxy) is 1. The first-order chi connectivity index (χ1) is 11.8. The lowest BCUT2D eigenvalue weighted by atomic mass is 9.48. The van der Waals surface area contributed by atoms with Gasteiger partial charge in [-0.1, -0.05) is 19.4 Å². The molecule has 6 atom stereocenters. The molecule has 0 aromatic rings. The van der Waals surface area contributed by atoms with Crippen LogP contribution in [0.25, 0.3) is 0 Å². The largest absolute Gasteiger partial charge is 0.462 e. The lowest BCUT2D eigenvalue weighted by Crippen LogP contribution is -2.53. The van der Waals surface area contributed by atoms with Gasteiger partial charge >= 0.3 is 5.97 Å². The molecule has 4 aliphatic carbocycles. The summed E-state index contributed by atoms with van der Waals surface area (Å²) in [7, 11) is 0. The van der Waals surface area contributed by atoms with Gasteiger partial charge in [-0.05, 0) is 55.4 Å². The molecule has 0 spiro atoms. The summed E-state index contributed by atoms with van der Waals surface area (Å²) in [6, 6.07) is 0. The molecule has 4 heteroatoms. The number of hydrogen-bond acceptors (Lipinski definition) is 4. The molecule has 25 heavy (non-hydrogen) atoms. The maximum atomic E-state index is 13.1. The average molecular weight is 344 g/mol. The highest BCUT2D eigenvalue weighted by atomic mass is 16.5. The number of carbonyl (C=O) groups excluding carboxylic acids is 3. The Balaban J connectivity index is 1.67. The molecular formula is C21H28O4. The van der Waals surface area contributed by atoms with Gasteiger partial charge in [-0.2, -0.15) is 0 Å². The fourth-order valence-electron chi connectivity index (χ4n) is 6.48. The van der Waals surface area contributed by atoms with Crippen LogP contribution in [0, 0.1) is 28.6 Å². The van der Waals surface area contributed by atoms with Crippen molar-refractivity contribution in [2.75, 3.05) is 0 Å². The summed E-state index contributed by atoms with van der Waals surface area (Å²) in [5, 5.41) is 0. The van der Waals surface area contributed by atoms with Crippen molar-refractivity contribution < 1.29 is 19.1 Å². The average Bonchev–Trinajstić information content (AvgIpc) is 2.84. The Morgan fingerprint density at radius 2 is 1.76 bits per heavy atom. The molecule has 0 heterocycles. The molecule has 136 valence electrons. The second-order valence-electron chi connectivity index (χ2n) is 9.12. The molecule has 0 bridgehead atoms. The summed E-state index contributed by atoms with van der Waals surface area (Å²) in [4.78, 5) is 36.8. The molecule has 3 fully saturated rings. The number of esters is 1. The van der Waals surface area contributed by atoms with Crippen molar-refractivity contribution >= 4 is 17.5 Å². The van der Waals surface area contributed by atoms with Gasteiger partial charge < -0.3 is 4.74 Å². The van der Waals surface area contributed by atoms with E-state index in [2.05, 4.69) is 13.8 Å². The van der Waals surface area contributed by atoms with Gasteiger partial charge in [0.15, 0.2) is 5.78 Å². The predicted molar refractivity (Wildman–Crippen MR) is 92.7 cm³/mol. The Morgan fingerprint density at radius 3 is 2.48 bits per heavy atom. The highest BCUT2D eigenvalue weighted by Gasteiger charge is 2.61. The molecule has 3 saturated carbocycles. The van der Waals surface area contributed by atoms with E-state index in [1.54, 1.807) is 0 Å². The van der Waals surface area contributed by atoms with Crippen LogP contribution in [-0.2, 0) is 19.1 Å². The van der Waals surface area contributed by atoms with Crippen LogP contribution in [0.4, 0.5) is 0 Å². The van der Waals surface area contributed by atoms with Crippen molar-refractivity contribution in [2.24, 2.45) is 28.6 Å². The maximum absolute atomic E-state index is 13.1. The Kier molecular flexibility index (Phi) is 3.75. The van der Waals surface area contributed by atoms with Crippen LogP contribution in [-0.4, -0.2) is 23.6 Å². The van der Waals surface area contributed by atoms with Gasteiger partial charge in [-0.15, -0.1) is 0 Å². The molecule has 0 aliphatic heterocycles. The third-order valence-electron chi connectivity index (χ3n) is 7.94. The van der Waals surface area contributed by atoms with Crippen LogP contribution in [0.15, 0.2) is 11.6 Å². The maximum Gasteiger partial charge on any atom is 0.302 e. The number of fused-ring (bicyclic) bond motifs is 5. The Labute approximate surface area is 149 Å². The number of Topliss-reactive ketones (excluding diaryl/α,β-unsaturated/α-hetero) is 1. The Morgan fingerprint density at radius 1 is 1.08 bits per heavy atom. The fourth-order valence-corrected chi connectivity index (χ4v) is 6.48. The zero-order valence-corrected chi connectivity index (χ0v) is 15.5. The molecule has 0 radical (unpaired) electrons. The van der Waals surface area contributed by atoms with Crippen molar-refractivity contribution in [1.29, 1.82) is 0 Å². The van der Waals surface area contributed by atoms with Crippen molar-refractivity contribution in [3.63, 3.8) is 0 Å². The second kappa shape index (κ2) is 5.52. The summed E-state index contributed by atoms with van der Waals surface area (Å²) in [6.45, 7) is 5.84. The second-order valence-corrected chi connectivity index (χ2v) is 9.12. The third kappa shape index (κ3) is 2.36. The van der Waals surface area contributed by atoms with E-state index in [0.717, 1.165) is 32.1 Å². The van der Waals surface area contributed by atoms with E-state index >= 15 is 0 Å². The molecule has 4 nitrogen and oxygen atoms in total. The van der Waals surface area contributed by atoms with Crippen molar-refractivity contribution in [3.05, 3.63) is 11.6 Å². The molecule has 0 aromatic carbocycles. The highest BCUT2D eigenvalue weighted by Crippen LogP contribution is 2.63. The van der Waals surface area contributed by atoms with Gasteiger partial charge in [-0.25, -0.2) is 0 Å². The van der Waals surface area contributed by atoms with Gasteiger partial charge in [0.2, 0.25) is 0 Å². The number of hydrogen-bond donors (Lipinski definition) is 0. The van der Waals surface area contributed by atoms with E-state index < -0.39 is 0 Å². The first-order valence-corrected chi connectivity index (χ1v) is 9.71. The monoisotopic (exact) mass is 344 g/mol. The van der Waals surface area contributed by atoms with Crippen molar-refractivity contribution in [2.45, 2.75) is 71.8 Å². The smallest absolute Gasteiger partial charge is 0.302 e. The van der Waals surface area contributed by atoms with Crippen LogP contribution in [0.2, 0.25) is 0 Å². The normalized spacial score (nSPS) is 46.0. The van der Waals surface area contributed by atoms with Crippen molar-refractivity contribution in [3.8, 4) is 0 Å². The van der Waals surface area contributed by atoms with E-state index in [9.17, 15) is 14.4 Å². The molecule has 0 amide bonds. The number of ketones is 2. The minimum atomic E-state index is -0.284. The lowest BCUT2D eigenvalue weighted by molar-refractivity contribution is -0.149. The highest BCUT2D eigenvalue weighted by molar-refractivity contribution is 5.96. The summed E-state index contributed by atoms with van der Waals surface area (Å²) in [5.41, 5.74) is 0.902. The van der Waals surface area contributed by atoms with Crippen LogP contribution >= 0.6 is 0 Å². The van der Waals surface area contributed by atoms with E-state index in [1.807, 2.05) is 6.08 Å². The first kappa shape index (κ1) is 17.0. The van der Waals surface area contributed by atoms with Gasteiger partial charge in [-0.3, -0.25) is 14.4 Å². The summed E-state index contributed by atoms with van der Waals surface area (Å²) in [6.07, 6.45) is 7.66. The molecule has 4 aliphatic rings. The van der Waals surface area contributed by atoms with Crippen LogP contribution in [0.3, 0.4) is 0 Å². The van der Waals surface area contributed by atoms with Gasteiger partial charge in [0, 0.05) is 31.1 Å². The fraction of sp³-hybridized carbons (Fsp3) is 0.762. The minimum absolute atomic E-state index is 0.00391. The van der Waals surface area contributed by atoms with Crippen LogP contribution in [0.1, 0.15) is 65.7 Å². The van der Waals surface area contributed by atoms with Crippen LogP contribution in [0.5, 0.6) is 0 Å². The molecular weight excluding hydrogens is 316 g/mol. The SMILES string of the molecule is CC(=O)O[C@H]1CCC2(C)C(=CC(=O)C3C4CCC(=O)C4(C)CCC32)C1. The summed E-state index contributed by atoms with van der Waals surface area (Å²) >= 11 is 0. The number of carbonyl (C=O) groups is 3. The van der Waals surface area contributed by atoms with Gasteiger partial charge in [0.05, 0.1) is 0 Å². The molecule has 0 aromatic heterocycles. The zero-order valence-electron chi connectivity index (χ0n) is 15.5. The number of allylic oxidation sites excluding steroid dienone is 1. The standard InChI is InChI=1S/C21H28O4/c1-12(22)25-14-6-8-20(2)13(10-14)11-17(23)19-15-4-5-18(24)21(15,3)9-7-16(19)20/h11,14-16,19H,4-10H2,1-3H3/t14-,15?,16?,19?,20?,21?/m0/s1. The van der Waals surface area contributed by atoms with Crippen molar-refractivity contribution in [1.82, 2.24) is 0 Å². The van der Waals surface area contributed by atoms with Gasteiger partial charge in [0.25, 0.3) is 0 Å². The topological polar surface area (TPSA) is 60.4 Å². The molecule has 4 rings (SSSR count). The minimum Gasteiger partial charge on any atom is -0.462 e. The first-order valence-electron chi connectivity index (χ1n) is 9.71. The van der Waals surface area contributed by atoms with E-state index in [0.29, 0.717) is 24.5 Å². The third-order valence-corrected chi connectivity index (χ3v) is 7.94. The zero-order chi connectivity index (χ0) is 18.0. The van der Waals surface area contributed by atoms with E-state index in [4.69, 9.17) is 4.74 Å². The summed E-state index contributed by atoms with van der Waals surface area (Å²) < 4.78 is 5.42. The van der Waals surface area contributed by atoms with E-state index in [1.165, 1.54) is 12.5 Å². The summed E-state index contributed by atoms with van der Waals surface area (Å²) in [5.74, 6) is 0.888. The van der Waals surface area contributed by atoms with Gasteiger partial charge in [0.1, 0.15) is 11.9 Å². The quantitative estimate of drug-likeness (QED) is 0.682. The van der Waals surface area contributed by atoms with E-state index in [-0.39, 0.29) is 40.5 Å². The predicted octanol–water partition coefficient (Wildman–Crippen LogP) is 3.63. The van der Waals surface area contributed by atoms with Crippen LogP contribution < -0.4 is 0 Å². The lowest BCUT2D eigenvalue weighted by Gasteiger charge is -2.55. The Bertz CT molecular complexity index is 677. The number of rotatable bonds is 1. The molecule has 5 unspecified atom stereocenters. The molecule has 0 saturated heterocycles. The Hall–Kier alpha value is -1.45.